The lowest BCUT2D eigenvalue weighted by atomic mass is 9.92. The topological polar surface area (TPSA) is 77.8 Å². The van der Waals surface area contributed by atoms with Gasteiger partial charge in [0, 0.05) is 23.2 Å². The van der Waals surface area contributed by atoms with Gasteiger partial charge in [-0.2, -0.15) is 0 Å². The first-order chi connectivity index (χ1) is 13.1. The Hall–Kier alpha value is -2.50. The Balaban J connectivity index is 2.07. The smallest absolute Gasteiger partial charge is 0.339 e. The van der Waals surface area contributed by atoms with E-state index in [0.717, 1.165) is 35.8 Å². The maximum atomic E-state index is 12.3. The SMILES string of the molecule is CCC(C)NC(=O)COc1cc2c(c3oc(=O)c(C)c(C)c13)CCC(C)(C)O2. The van der Waals surface area contributed by atoms with Crippen molar-refractivity contribution in [1.29, 1.82) is 0 Å². The van der Waals surface area contributed by atoms with Crippen LogP contribution in [0.5, 0.6) is 11.5 Å². The molecule has 0 bridgehead atoms. The first-order valence-corrected chi connectivity index (χ1v) is 9.84. The predicted octanol–water partition coefficient (Wildman–Crippen LogP) is 3.81. The summed E-state index contributed by atoms with van der Waals surface area (Å²) in [5, 5.41) is 3.62. The van der Waals surface area contributed by atoms with Crippen LogP contribution in [0.15, 0.2) is 15.3 Å². The molecule has 0 aliphatic carbocycles. The molecule has 0 spiro atoms. The van der Waals surface area contributed by atoms with Crippen LogP contribution in [0, 0.1) is 13.8 Å². The molecule has 1 aliphatic rings. The number of nitrogens with one attached hydrogen (secondary N) is 1. The third-order valence-corrected chi connectivity index (χ3v) is 5.49. The van der Waals surface area contributed by atoms with Gasteiger partial charge in [-0.3, -0.25) is 4.79 Å². The molecule has 0 radical (unpaired) electrons. The summed E-state index contributed by atoms with van der Waals surface area (Å²) in [7, 11) is 0. The van der Waals surface area contributed by atoms with Crippen LogP contribution in [0.2, 0.25) is 0 Å². The number of carbonyl (C=O) groups excluding carboxylic acids is 1. The van der Waals surface area contributed by atoms with Crippen LogP contribution in [0.1, 0.15) is 57.2 Å². The summed E-state index contributed by atoms with van der Waals surface area (Å²) in [4.78, 5) is 24.5. The van der Waals surface area contributed by atoms with E-state index in [1.54, 1.807) is 6.92 Å². The van der Waals surface area contributed by atoms with E-state index < -0.39 is 0 Å². The standard InChI is InChI=1S/C22H29NO5/c1-7-12(2)23-18(24)11-26-17-10-16-15(8-9-22(5,6)28-16)20-19(17)13(3)14(4)21(25)27-20/h10,12H,7-9,11H2,1-6H3,(H,23,24). The summed E-state index contributed by atoms with van der Waals surface area (Å²) in [5.74, 6) is 0.954. The van der Waals surface area contributed by atoms with Gasteiger partial charge in [0.1, 0.15) is 22.7 Å². The number of rotatable bonds is 5. The molecule has 28 heavy (non-hydrogen) atoms. The van der Waals surface area contributed by atoms with Gasteiger partial charge in [-0.1, -0.05) is 6.92 Å². The summed E-state index contributed by atoms with van der Waals surface area (Å²) >= 11 is 0. The highest BCUT2D eigenvalue weighted by Crippen LogP contribution is 2.43. The number of benzene rings is 1. The molecule has 0 saturated carbocycles. The van der Waals surface area contributed by atoms with Crippen LogP contribution >= 0.6 is 0 Å². The second-order valence-electron chi connectivity index (χ2n) is 8.22. The lowest BCUT2D eigenvalue weighted by molar-refractivity contribution is -0.123. The zero-order valence-electron chi connectivity index (χ0n) is 17.5. The van der Waals surface area contributed by atoms with Crippen molar-refractivity contribution < 1.29 is 18.7 Å². The number of hydrogen-bond acceptors (Lipinski definition) is 5. The van der Waals surface area contributed by atoms with E-state index in [1.165, 1.54) is 0 Å². The predicted molar refractivity (Wildman–Crippen MR) is 108 cm³/mol. The van der Waals surface area contributed by atoms with Gasteiger partial charge in [0.15, 0.2) is 6.61 Å². The average Bonchev–Trinajstić information content (AvgIpc) is 2.62. The molecule has 0 saturated heterocycles. The van der Waals surface area contributed by atoms with E-state index in [2.05, 4.69) is 5.32 Å². The van der Waals surface area contributed by atoms with Gasteiger partial charge < -0.3 is 19.2 Å². The van der Waals surface area contributed by atoms with Crippen molar-refractivity contribution in [3.63, 3.8) is 0 Å². The van der Waals surface area contributed by atoms with Crippen molar-refractivity contribution in [3.8, 4) is 11.5 Å². The minimum Gasteiger partial charge on any atom is -0.487 e. The Kier molecular flexibility index (Phi) is 5.41. The van der Waals surface area contributed by atoms with E-state index in [-0.39, 0.29) is 29.8 Å². The lowest BCUT2D eigenvalue weighted by Crippen LogP contribution is -2.35. The molecule has 1 aromatic heterocycles. The fraction of sp³-hybridized carbons (Fsp3) is 0.545. The van der Waals surface area contributed by atoms with Crippen LogP contribution in [-0.4, -0.2) is 24.2 Å². The molecule has 2 heterocycles. The van der Waals surface area contributed by atoms with Crippen molar-refractivity contribution in [1.82, 2.24) is 5.32 Å². The molecule has 1 aromatic carbocycles. The second kappa shape index (κ2) is 7.49. The summed E-state index contributed by atoms with van der Waals surface area (Å²) in [5.41, 5.74) is 2.05. The number of hydrogen-bond donors (Lipinski definition) is 1. The molecule has 1 unspecified atom stereocenters. The normalized spacial score (nSPS) is 16.2. The van der Waals surface area contributed by atoms with Crippen LogP contribution in [0.3, 0.4) is 0 Å². The minimum atomic E-state index is -0.358. The van der Waals surface area contributed by atoms with Gasteiger partial charge in [0.2, 0.25) is 0 Å². The minimum absolute atomic E-state index is 0.0857. The summed E-state index contributed by atoms with van der Waals surface area (Å²) in [6.07, 6.45) is 2.42. The molecule has 1 amide bonds. The zero-order chi connectivity index (χ0) is 20.6. The fourth-order valence-corrected chi connectivity index (χ4v) is 3.41. The third kappa shape index (κ3) is 3.86. The maximum Gasteiger partial charge on any atom is 0.339 e. The quantitative estimate of drug-likeness (QED) is 0.790. The van der Waals surface area contributed by atoms with Crippen LogP contribution in [0.4, 0.5) is 0 Å². The van der Waals surface area contributed by atoms with Crippen molar-refractivity contribution in [2.24, 2.45) is 0 Å². The molecule has 1 aliphatic heterocycles. The summed E-state index contributed by atoms with van der Waals surface area (Å²) in [6.45, 7) is 11.5. The van der Waals surface area contributed by atoms with E-state index in [1.807, 2.05) is 40.7 Å². The lowest BCUT2D eigenvalue weighted by Gasteiger charge is -2.33. The highest BCUT2D eigenvalue weighted by atomic mass is 16.5. The van der Waals surface area contributed by atoms with Crippen LogP contribution in [-0.2, 0) is 11.2 Å². The van der Waals surface area contributed by atoms with E-state index in [0.29, 0.717) is 22.6 Å². The number of fused-ring (bicyclic) bond motifs is 3. The highest BCUT2D eigenvalue weighted by molar-refractivity contribution is 5.92. The first-order valence-electron chi connectivity index (χ1n) is 9.84. The summed E-state index contributed by atoms with van der Waals surface area (Å²) < 4.78 is 17.7. The van der Waals surface area contributed by atoms with E-state index in [4.69, 9.17) is 13.9 Å². The van der Waals surface area contributed by atoms with E-state index in [9.17, 15) is 9.59 Å². The molecule has 6 heteroatoms. The van der Waals surface area contributed by atoms with Gasteiger partial charge in [-0.05, 0) is 59.4 Å². The monoisotopic (exact) mass is 387 g/mol. The number of ether oxygens (including phenoxy) is 2. The Morgan fingerprint density at radius 1 is 1.32 bits per heavy atom. The summed E-state index contributed by atoms with van der Waals surface area (Å²) in [6, 6.07) is 1.91. The first kappa shape index (κ1) is 20.2. The molecule has 3 rings (SSSR count). The third-order valence-electron chi connectivity index (χ3n) is 5.49. The van der Waals surface area contributed by atoms with Gasteiger partial charge in [0.05, 0.1) is 5.39 Å². The van der Waals surface area contributed by atoms with Crippen molar-refractivity contribution >= 4 is 16.9 Å². The van der Waals surface area contributed by atoms with Crippen molar-refractivity contribution in [2.45, 2.75) is 72.4 Å². The molecule has 1 N–H and O–H groups in total. The average molecular weight is 387 g/mol. The Morgan fingerprint density at radius 3 is 2.71 bits per heavy atom. The number of carbonyl (C=O) groups is 1. The van der Waals surface area contributed by atoms with Crippen molar-refractivity contribution in [3.05, 3.63) is 33.2 Å². The van der Waals surface area contributed by atoms with Gasteiger partial charge in [-0.15, -0.1) is 0 Å². The highest BCUT2D eigenvalue weighted by Gasteiger charge is 2.31. The number of aryl methyl sites for hydroxylation is 2. The fourth-order valence-electron chi connectivity index (χ4n) is 3.41. The van der Waals surface area contributed by atoms with E-state index >= 15 is 0 Å². The van der Waals surface area contributed by atoms with Crippen LogP contribution in [0.25, 0.3) is 11.0 Å². The van der Waals surface area contributed by atoms with Crippen molar-refractivity contribution in [2.75, 3.05) is 6.61 Å². The molecular formula is C22H29NO5. The maximum absolute atomic E-state index is 12.3. The largest absolute Gasteiger partial charge is 0.487 e. The van der Waals surface area contributed by atoms with Crippen LogP contribution < -0.4 is 20.4 Å². The zero-order valence-corrected chi connectivity index (χ0v) is 17.5. The van der Waals surface area contributed by atoms with Gasteiger partial charge in [0.25, 0.3) is 5.91 Å². The number of amides is 1. The Morgan fingerprint density at radius 2 is 2.04 bits per heavy atom. The molecule has 6 nitrogen and oxygen atoms in total. The molecule has 1 atom stereocenters. The van der Waals surface area contributed by atoms with Gasteiger partial charge in [-0.25, -0.2) is 4.79 Å². The Bertz CT molecular complexity index is 973. The molecule has 2 aromatic rings. The van der Waals surface area contributed by atoms with Gasteiger partial charge >= 0.3 is 5.63 Å². The second-order valence-corrected chi connectivity index (χ2v) is 8.22. The molecule has 152 valence electrons. The molecular weight excluding hydrogens is 358 g/mol. The molecule has 0 fully saturated rings. The Labute approximate surface area is 165 Å².